The van der Waals surface area contributed by atoms with Crippen LogP contribution in [0.5, 0.6) is 5.75 Å². The minimum absolute atomic E-state index is 0.0153. The molecule has 0 N–H and O–H groups in total. The number of hydrogen-bond acceptors (Lipinski definition) is 4. The van der Waals surface area contributed by atoms with Crippen LogP contribution in [0.4, 0.5) is 0 Å². The second-order valence-electron chi connectivity index (χ2n) is 9.71. The van der Waals surface area contributed by atoms with Gasteiger partial charge in [-0.1, -0.05) is 103 Å². The fraction of sp³-hybridized carbons (Fsp3) is 0.121. The lowest BCUT2D eigenvalue weighted by Crippen LogP contribution is -2.38. The zero-order valence-corrected chi connectivity index (χ0v) is 22.5. The number of fused-ring (bicyclic) bond motifs is 1. The Labute approximate surface area is 232 Å². The average molecular weight is 531 g/mol. The van der Waals surface area contributed by atoms with Gasteiger partial charge in [-0.2, -0.15) is 10.2 Å². The molecule has 0 unspecified atom stereocenters. The zero-order chi connectivity index (χ0) is 26.8. The van der Waals surface area contributed by atoms with Gasteiger partial charge in [0, 0.05) is 16.5 Å². The second kappa shape index (κ2) is 10.4. The van der Waals surface area contributed by atoms with Gasteiger partial charge in [0.05, 0.1) is 24.0 Å². The maximum atomic E-state index is 6.33. The molecule has 6 aromatic rings. The summed E-state index contributed by atoms with van der Waals surface area (Å²) < 4.78 is 8.29. The molecule has 0 bridgehead atoms. The summed E-state index contributed by atoms with van der Waals surface area (Å²) in [7, 11) is 0. The summed E-state index contributed by atoms with van der Waals surface area (Å²) in [5.41, 5.74) is 5.17. The van der Waals surface area contributed by atoms with E-state index in [2.05, 4.69) is 87.7 Å². The molecular weight excluding hydrogens is 504 g/mol. The van der Waals surface area contributed by atoms with E-state index in [0.717, 1.165) is 44.5 Å². The van der Waals surface area contributed by atoms with Crippen molar-refractivity contribution in [1.82, 2.24) is 20.0 Å². The standard InChI is InChI=1S/C33H27ClN4O/c1-23(2)39-29-18-25-22-36-38(32(25)30(20-29)24-19-31(34)37-35-21-24)33(26-12-6-3-7-13-26,27-14-8-4-9-15-27)28-16-10-5-11-17-28/h3-23H,1-2H3. The molecule has 0 saturated heterocycles. The summed E-state index contributed by atoms with van der Waals surface area (Å²) >= 11 is 6.33. The minimum Gasteiger partial charge on any atom is -0.491 e. The molecule has 6 rings (SSSR count). The summed E-state index contributed by atoms with van der Waals surface area (Å²) in [6.45, 7) is 4.03. The van der Waals surface area contributed by atoms with Crippen molar-refractivity contribution in [2.75, 3.05) is 0 Å². The fourth-order valence-corrected chi connectivity index (χ4v) is 5.51. The normalized spacial score (nSPS) is 11.7. The quantitative estimate of drug-likeness (QED) is 0.198. The van der Waals surface area contributed by atoms with E-state index in [4.69, 9.17) is 21.4 Å². The maximum Gasteiger partial charge on any atom is 0.152 e. The van der Waals surface area contributed by atoms with Crippen molar-refractivity contribution in [3.8, 4) is 16.9 Å². The largest absolute Gasteiger partial charge is 0.491 e. The Morgan fingerprint density at radius 2 is 1.31 bits per heavy atom. The molecule has 192 valence electrons. The van der Waals surface area contributed by atoms with Gasteiger partial charge in [0.2, 0.25) is 0 Å². The Morgan fingerprint density at radius 1 is 0.744 bits per heavy atom. The second-order valence-corrected chi connectivity index (χ2v) is 10.1. The molecular formula is C33H27ClN4O. The molecule has 2 aromatic heterocycles. The molecule has 0 spiro atoms. The highest BCUT2D eigenvalue weighted by atomic mass is 35.5. The van der Waals surface area contributed by atoms with Crippen LogP contribution < -0.4 is 4.74 Å². The van der Waals surface area contributed by atoms with Crippen molar-refractivity contribution in [2.24, 2.45) is 0 Å². The first kappa shape index (κ1) is 24.8. The maximum absolute atomic E-state index is 6.33. The first-order valence-corrected chi connectivity index (χ1v) is 13.3. The van der Waals surface area contributed by atoms with Crippen LogP contribution in [0.1, 0.15) is 30.5 Å². The number of hydrogen-bond donors (Lipinski definition) is 0. The predicted molar refractivity (Wildman–Crippen MR) is 156 cm³/mol. The van der Waals surface area contributed by atoms with E-state index in [1.54, 1.807) is 6.20 Å². The molecule has 5 nitrogen and oxygen atoms in total. The van der Waals surface area contributed by atoms with Gasteiger partial charge in [-0.15, -0.1) is 5.10 Å². The first-order valence-electron chi connectivity index (χ1n) is 12.9. The monoisotopic (exact) mass is 530 g/mol. The molecule has 2 heterocycles. The van der Waals surface area contributed by atoms with Crippen LogP contribution in [0.15, 0.2) is 122 Å². The van der Waals surface area contributed by atoms with Gasteiger partial charge in [0.15, 0.2) is 5.15 Å². The van der Waals surface area contributed by atoms with Crippen LogP contribution in [0.3, 0.4) is 0 Å². The van der Waals surface area contributed by atoms with Crippen LogP contribution >= 0.6 is 11.6 Å². The third kappa shape index (κ3) is 4.45. The van der Waals surface area contributed by atoms with E-state index >= 15 is 0 Å². The van der Waals surface area contributed by atoms with E-state index in [-0.39, 0.29) is 6.10 Å². The highest BCUT2D eigenvalue weighted by molar-refractivity contribution is 6.29. The molecule has 39 heavy (non-hydrogen) atoms. The van der Waals surface area contributed by atoms with Crippen LogP contribution in [-0.4, -0.2) is 26.1 Å². The zero-order valence-electron chi connectivity index (χ0n) is 21.7. The lowest BCUT2D eigenvalue weighted by atomic mass is 9.77. The molecule has 0 saturated carbocycles. The average Bonchev–Trinajstić information content (AvgIpc) is 3.39. The van der Waals surface area contributed by atoms with E-state index in [9.17, 15) is 0 Å². The van der Waals surface area contributed by atoms with E-state index in [1.807, 2.05) is 56.4 Å². The highest BCUT2D eigenvalue weighted by Gasteiger charge is 2.40. The Balaban J connectivity index is 1.77. The van der Waals surface area contributed by atoms with Gasteiger partial charge < -0.3 is 4.74 Å². The number of nitrogens with zero attached hydrogens (tertiary/aromatic N) is 4. The third-order valence-corrected chi connectivity index (χ3v) is 7.02. The Hall–Kier alpha value is -4.48. The van der Waals surface area contributed by atoms with Crippen molar-refractivity contribution >= 4 is 22.5 Å². The molecule has 0 aliphatic rings. The van der Waals surface area contributed by atoms with Gasteiger partial charge in [0.25, 0.3) is 0 Å². The summed E-state index contributed by atoms with van der Waals surface area (Å²) in [5, 5.41) is 14.5. The van der Waals surface area contributed by atoms with E-state index < -0.39 is 5.54 Å². The van der Waals surface area contributed by atoms with Crippen molar-refractivity contribution in [3.63, 3.8) is 0 Å². The molecule has 0 amide bonds. The number of rotatable bonds is 7. The van der Waals surface area contributed by atoms with Crippen molar-refractivity contribution in [2.45, 2.75) is 25.5 Å². The number of ether oxygens (including phenoxy) is 1. The summed E-state index contributed by atoms with van der Waals surface area (Å²) in [6.07, 6.45) is 3.65. The van der Waals surface area contributed by atoms with Gasteiger partial charge in [-0.25, -0.2) is 4.68 Å². The topological polar surface area (TPSA) is 52.8 Å². The van der Waals surface area contributed by atoms with Gasteiger partial charge in [0.1, 0.15) is 11.3 Å². The van der Waals surface area contributed by atoms with Crippen molar-refractivity contribution < 1.29 is 4.74 Å². The summed E-state index contributed by atoms with van der Waals surface area (Å²) in [4.78, 5) is 0. The van der Waals surface area contributed by atoms with Crippen molar-refractivity contribution in [1.29, 1.82) is 0 Å². The van der Waals surface area contributed by atoms with Crippen LogP contribution in [-0.2, 0) is 5.54 Å². The molecule has 6 heteroatoms. The van der Waals surface area contributed by atoms with Gasteiger partial charge in [-0.05, 0) is 48.7 Å². The molecule has 0 radical (unpaired) electrons. The molecule has 0 aliphatic heterocycles. The number of aromatic nitrogens is 4. The van der Waals surface area contributed by atoms with Gasteiger partial charge in [-0.3, -0.25) is 0 Å². The van der Waals surface area contributed by atoms with Crippen LogP contribution in [0, 0.1) is 0 Å². The lowest BCUT2D eigenvalue weighted by molar-refractivity contribution is 0.243. The molecule has 0 atom stereocenters. The van der Waals surface area contributed by atoms with E-state index in [1.165, 1.54) is 0 Å². The van der Waals surface area contributed by atoms with Crippen LogP contribution in [0.25, 0.3) is 22.0 Å². The smallest absolute Gasteiger partial charge is 0.152 e. The summed E-state index contributed by atoms with van der Waals surface area (Å²) in [5.74, 6) is 0.754. The molecule has 0 aliphatic carbocycles. The number of benzene rings is 4. The Bertz CT molecular complexity index is 1620. The molecule has 0 fully saturated rings. The predicted octanol–water partition coefficient (Wildman–Crippen LogP) is 7.77. The Morgan fingerprint density at radius 3 is 1.82 bits per heavy atom. The van der Waals surface area contributed by atoms with E-state index in [0.29, 0.717) is 5.15 Å². The third-order valence-electron chi connectivity index (χ3n) is 6.84. The number of halogens is 1. The van der Waals surface area contributed by atoms with Crippen molar-refractivity contribution in [3.05, 3.63) is 143 Å². The fourth-order valence-electron chi connectivity index (χ4n) is 5.35. The molecule has 4 aromatic carbocycles. The SMILES string of the molecule is CC(C)Oc1cc(-c2cnnc(Cl)c2)c2c(cnn2C(c2ccccc2)(c2ccccc2)c2ccccc2)c1. The minimum atomic E-state index is -0.773. The van der Waals surface area contributed by atoms with Gasteiger partial charge >= 0.3 is 0 Å². The summed E-state index contributed by atoms with van der Waals surface area (Å²) in [6, 6.07) is 37.4. The lowest BCUT2D eigenvalue weighted by Gasteiger charge is -2.37. The highest BCUT2D eigenvalue weighted by Crippen LogP contribution is 2.44. The van der Waals surface area contributed by atoms with Crippen LogP contribution in [0.2, 0.25) is 5.15 Å². The Kier molecular flexibility index (Phi) is 6.59. The first-order chi connectivity index (χ1) is 19.1.